The number of carbonyl (C=O) groups is 6. The Balaban J connectivity index is 0.000000116. The summed E-state index contributed by atoms with van der Waals surface area (Å²) in [6, 6.07) is 153. The summed E-state index contributed by atoms with van der Waals surface area (Å²) in [5.41, 5.74) is 34.6. The van der Waals surface area contributed by atoms with Gasteiger partial charge in [0.25, 0.3) is 35.4 Å². The quantitative estimate of drug-likeness (QED) is 0.0998. The van der Waals surface area contributed by atoms with Gasteiger partial charge in [0.05, 0.1) is 101 Å². The second-order valence-electron chi connectivity index (χ2n) is 37.1. The smallest absolute Gasteiger partial charge is 0.268 e. The molecular weight excluding hydrogens is 1750 g/mol. The van der Waals surface area contributed by atoms with Crippen LogP contribution in [0.1, 0.15) is 90.0 Å². The van der Waals surface area contributed by atoms with Crippen molar-refractivity contribution in [3.05, 3.63) is 516 Å². The minimum Gasteiger partial charge on any atom is -0.308 e. The summed E-state index contributed by atoms with van der Waals surface area (Å²) < 4.78 is 6.46. The summed E-state index contributed by atoms with van der Waals surface area (Å²) in [5, 5.41) is 6.49. The lowest BCUT2D eigenvalue weighted by Crippen LogP contribution is -2.30. The fourth-order valence-electron chi connectivity index (χ4n) is 21.4. The second-order valence-corrected chi connectivity index (χ2v) is 37.1. The third-order valence-electron chi connectivity index (χ3n) is 28.1. The molecule has 12 heteroatoms. The minimum absolute atomic E-state index is 0.312. The normalized spacial score (nSPS) is 12.7. The van der Waals surface area contributed by atoms with E-state index in [1.54, 1.807) is 18.2 Å². The van der Waals surface area contributed by atoms with Crippen LogP contribution in [-0.2, 0) is 0 Å². The molecule has 12 nitrogen and oxygen atoms in total. The van der Waals surface area contributed by atoms with Gasteiger partial charge in [-0.2, -0.15) is 0 Å². The van der Waals surface area contributed by atoms with Crippen molar-refractivity contribution in [3.63, 3.8) is 0 Å². The van der Waals surface area contributed by atoms with Gasteiger partial charge in [0.15, 0.2) is 0 Å². The van der Waals surface area contributed by atoms with Gasteiger partial charge < -0.3 is 13.7 Å². The Bertz CT molecular complexity index is 9050. The van der Waals surface area contributed by atoms with Gasteiger partial charge in [0, 0.05) is 49.0 Å². The molecular formula is C131H90N6O6. The van der Waals surface area contributed by atoms with Crippen molar-refractivity contribution in [2.75, 3.05) is 14.7 Å². The van der Waals surface area contributed by atoms with Gasteiger partial charge >= 0.3 is 0 Å². The topological polar surface area (TPSA) is 127 Å². The van der Waals surface area contributed by atoms with Crippen molar-refractivity contribution in [2.45, 2.75) is 34.6 Å². The lowest BCUT2D eigenvalue weighted by molar-refractivity contribution is 0.0910. The van der Waals surface area contributed by atoms with Crippen molar-refractivity contribution in [2.24, 2.45) is 0 Å². The summed E-state index contributed by atoms with van der Waals surface area (Å²) in [4.78, 5) is 90.1. The van der Waals surface area contributed by atoms with Crippen LogP contribution in [0.25, 0.3) is 171 Å². The zero-order valence-corrected chi connectivity index (χ0v) is 78.9. The molecule has 143 heavy (non-hydrogen) atoms. The Morgan fingerprint density at radius 2 is 0.357 bits per heavy atom. The monoisotopic (exact) mass is 1840 g/mol. The molecule has 3 aliphatic rings. The van der Waals surface area contributed by atoms with E-state index in [1.165, 1.54) is 42.5 Å². The number of amides is 6. The summed E-state index contributed by atoms with van der Waals surface area (Å²) >= 11 is 0. The molecule has 0 atom stereocenters. The molecule has 0 fully saturated rings. The molecule has 0 N–H and O–H groups in total. The molecule has 0 spiro atoms. The number of hydrogen-bond donors (Lipinski definition) is 0. The Labute approximate surface area is 826 Å². The first-order valence-corrected chi connectivity index (χ1v) is 48.1. The van der Waals surface area contributed by atoms with Crippen molar-refractivity contribution in [1.82, 2.24) is 13.7 Å². The first-order valence-electron chi connectivity index (χ1n) is 48.1. The Hall–Kier alpha value is -18.8. The Morgan fingerprint density at radius 3 is 0.671 bits per heavy atom. The van der Waals surface area contributed by atoms with Gasteiger partial charge in [-0.3, -0.25) is 28.8 Å². The Kier molecular flexibility index (Phi) is 21.7. The van der Waals surface area contributed by atoms with Crippen LogP contribution in [0, 0.1) is 34.6 Å². The van der Waals surface area contributed by atoms with Gasteiger partial charge in [0.1, 0.15) is 0 Å². The predicted octanol–water partition coefficient (Wildman–Crippen LogP) is 31.6. The number of aromatic nitrogens is 3. The molecule has 0 radical (unpaired) electrons. The molecule has 0 saturated heterocycles. The SMILES string of the molecule is Cc1cccc(-c2ccc3c(c2)c2cc(-c4cccc(C)c4)ccc2n3-c2cccc3c2C(=O)N(c2ccccc2-c2ccccc2)C3=O)c1.Cc1cccc(-c2ccc3c(c2)c2ccccc2n3-c2cccc3c2C(=O)N(c2ccccc2-c2ccccc2)C3=O)c1.Cc1cccc(-c2ccc3c4ccc(-c5cccc(C)c5)cc4n(-c4cccc5c4C(=O)N(c4ccccc4-c4ccccc4)C5=O)c3c2)c1. The summed E-state index contributed by atoms with van der Waals surface area (Å²) in [5.74, 6) is -1.93. The van der Waals surface area contributed by atoms with Gasteiger partial charge in [-0.05, 0) is 216 Å². The average molecular weight is 1840 g/mol. The van der Waals surface area contributed by atoms with Crippen LogP contribution in [0.3, 0.4) is 0 Å². The average Bonchev–Trinajstić information content (AvgIpc) is 1.55. The van der Waals surface area contributed by atoms with Crippen LogP contribution >= 0.6 is 0 Å². The molecule has 0 aliphatic carbocycles. The third-order valence-corrected chi connectivity index (χ3v) is 28.1. The largest absolute Gasteiger partial charge is 0.308 e. The number of aryl methyl sites for hydroxylation is 5. The number of anilines is 3. The fourth-order valence-corrected chi connectivity index (χ4v) is 21.4. The van der Waals surface area contributed by atoms with Gasteiger partial charge in [-0.25, -0.2) is 14.7 Å². The highest BCUT2D eigenvalue weighted by Crippen LogP contribution is 2.48. The summed E-state index contributed by atoms with van der Waals surface area (Å²) in [6.45, 7) is 10.5. The number of benzene rings is 20. The number of fused-ring (bicyclic) bond motifs is 12. The van der Waals surface area contributed by atoms with Crippen LogP contribution < -0.4 is 14.7 Å². The number of hydrogen-bond acceptors (Lipinski definition) is 6. The van der Waals surface area contributed by atoms with E-state index < -0.39 is 0 Å². The van der Waals surface area contributed by atoms with E-state index in [0.29, 0.717) is 67.5 Å². The van der Waals surface area contributed by atoms with Crippen LogP contribution in [0.15, 0.2) is 455 Å². The molecule has 3 aliphatic heterocycles. The first-order chi connectivity index (χ1) is 70.0. The van der Waals surface area contributed by atoms with Crippen LogP contribution in [-0.4, -0.2) is 49.1 Å². The summed E-state index contributed by atoms with van der Waals surface area (Å²) in [7, 11) is 0. The first kappa shape index (κ1) is 87.0. The molecule has 0 saturated carbocycles. The lowest BCUT2D eigenvalue weighted by Gasteiger charge is -2.19. The van der Waals surface area contributed by atoms with Crippen LogP contribution in [0.4, 0.5) is 17.1 Å². The van der Waals surface area contributed by atoms with Crippen LogP contribution in [0.2, 0.25) is 0 Å². The molecule has 0 bridgehead atoms. The van der Waals surface area contributed by atoms with Gasteiger partial charge in [0.2, 0.25) is 0 Å². The van der Waals surface area contributed by atoms with E-state index in [1.807, 2.05) is 212 Å². The van der Waals surface area contributed by atoms with Gasteiger partial charge in [-0.1, -0.05) is 374 Å². The molecule has 0 unspecified atom stereocenters. The van der Waals surface area contributed by atoms with E-state index in [0.717, 1.165) is 154 Å². The van der Waals surface area contributed by atoms with Crippen LogP contribution in [0.5, 0.6) is 0 Å². The predicted molar refractivity (Wildman–Crippen MR) is 582 cm³/mol. The zero-order valence-electron chi connectivity index (χ0n) is 78.9. The molecule has 3 aromatic heterocycles. The molecule has 23 aromatic rings. The van der Waals surface area contributed by atoms with E-state index in [2.05, 4.69) is 273 Å². The zero-order chi connectivity index (χ0) is 96.9. The van der Waals surface area contributed by atoms with E-state index in [-0.39, 0.29) is 35.4 Å². The molecule has 6 heterocycles. The highest BCUT2D eigenvalue weighted by molar-refractivity contribution is 6.39. The summed E-state index contributed by atoms with van der Waals surface area (Å²) in [6.07, 6.45) is 0. The highest BCUT2D eigenvalue weighted by Gasteiger charge is 2.44. The van der Waals surface area contributed by atoms with E-state index >= 15 is 0 Å². The Morgan fingerprint density at radius 1 is 0.140 bits per heavy atom. The molecule has 680 valence electrons. The number of nitrogens with zero attached hydrogens (tertiary/aromatic N) is 6. The van der Waals surface area contributed by atoms with Crippen molar-refractivity contribution in [3.8, 4) is 106 Å². The van der Waals surface area contributed by atoms with Crippen molar-refractivity contribution in [1.29, 1.82) is 0 Å². The van der Waals surface area contributed by atoms with Crippen molar-refractivity contribution < 1.29 is 28.8 Å². The molecule has 20 aromatic carbocycles. The number of carbonyl (C=O) groups excluding carboxylic acids is 6. The van der Waals surface area contributed by atoms with E-state index in [9.17, 15) is 28.8 Å². The standard InChI is InChI=1S/2C46H32N2O2.C39H26N2O2/c1-29-11-8-15-32(25-29)34-21-23-37-38-24-22-35(33-16-9-12-30(2)26-33)28-43(38)47(42(37)27-34)41-20-10-18-39-44(41)46(50)48(45(39)49)40-19-7-6-17-36(40)31-13-4-3-5-14-31;1-29-11-8-15-32(25-29)34-21-23-41-38(27-34)39-28-35(33-16-9-12-30(2)26-33)22-24-42(39)47(41)43-20-10-18-37-44(43)46(50)48(45(37)49)40-19-7-6-17-36(40)31-13-4-3-5-14-31;1-25-11-9-14-27(23-25)28-21-22-35-32(24-28)30-16-6-8-19-34(30)40(35)36-20-10-17-31-37(36)39(43)41(38(31)42)33-18-7-5-15-29(33)26-12-3-2-4-13-26/h2*3-28H,1-2H3;2-24H,1H3. The van der Waals surface area contributed by atoms with E-state index in [4.69, 9.17) is 0 Å². The molecule has 6 amide bonds. The molecule has 26 rings (SSSR count). The maximum absolute atomic E-state index is 14.7. The number of para-hydroxylation sites is 4. The minimum atomic E-state index is -0.330. The third kappa shape index (κ3) is 15.1. The highest BCUT2D eigenvalue weighted by atomic mass is 16.2. The lowest BCUT2D eigenvalue weighted by atomic mass is 9.99. The second kappa shape index (κ2) is 35.7. The number of imide groups is 3. The maximum atomic E-state index is 14.7. The maximum Gasteiger partial charge on any atom is 0.268 e. The van der Waals surface area contributed by atoms with Gasteiger partial charge in [-0.15, -0.1) is 0 Å². The van der Waals surface area contributed by atoms with Crippen molar-refractivity contribution >= 4 is 118 Å². The number of rotatable bonds is 14. The fraction of sp³-hybridized carbons (Fsp3) is 0.0382.